The Morgan fingerprint density at radius 1 is 0.792 bits per heavy atom. The molecule has 0 aliphatic carbocycles. The zero-order valence-electron chi connectivity index (χ0n) is 16.1. The molecule has 0 aliphatic heterocycles. The van der Waals surface area contributed by atoms with E-state index in [9.17, 15) is 9.59 Å². The molecule has 0 spiro atoms. The second kappa shape index (κ2) is 18.4. The lowest BCUT2D eigenvalue weighted by Gasteiger charge is -2.05. The van der Waals surface area contributed by atoms with Crippen LogP contribution in [0.25, 0.3) is 0 Å². The third-order valence-corrected chi connectivity index (χ3v) is 4.35. The van der Waals surface area contributed by atoms with Gasteiger partial charge in [0.25, 0.3) is 0 Å². The molecule has 4 nitrogen and oxygen atoms in total. The van der Waals surface area contributed by atoms with E-state index in [1.165, 1.54) is 70.6 Å². The average Bonchev–Trinajstić information content (AvgIpc) is 2.55. The monoisotopic (exact) mass is 340 g/mol. The lowest BCUT2D eigenvalue weighted by molar-refractivity contribution is -0.122. The molecule has 24 heavy (non-hydrogen) atoms. The second-order valence-corrected chi connectivity index (χ2v) is 7.27. The van der Waals surface area contributed by atoms with Crippen molar-refractivity contribution in [3.05, 3.63) is 0 Å². The summed E-state index contributed by atoms with van der Waals surface area (Å²) in [5, 5.41) is 0. The minimum Gasteiger partial charge on any atom is -0.302 e. The molecule has 0 fully saturated rings. The summed E-state index contributed by atoms with van der Waals surface area (Å²) >= 11 is 0. The molecule has 0 saturated heterocycles. The summed E-state index contributed by atoms with van der Waals surface area (Å²) in [4.78, 5) is 21.4. The van der Waals surface area contributed by atoms with Crippen LogP contribution in [0.3, 0.4) is 0 Å². The number of carbonyl (C=O) groups excluding carboxylic acids is 2. The highest BCUT2D eigenvalue weighted by Gasteiger charge is 2.00. The van der Waals surface area contributed by atoms with Crippen LogP contribution in [0.2, 0.25) is 0 Å². The Labute approximate surface area is 149 Å². The molecule has 4 heteroatoms. The summed E-state index contributed by atoms with van der Waals surface area (Å²) in [5.74, 6) is 0.837. The average molecular weight is 341 g/mol. The van der Waals surface area contributed by atoms with Gasteiger partial charge >= 0.3 is 0 Å². The quantitative estimate of drug-likeness (QED) is 0.211. The SMILES string of the molecule is CC(C)CCCCCCCCCCCCCCC(=O)NNCC=O. The van der Waals surface area contributed by atoms with Crippen LogP contribution in [0.5, 0.6) is 0 Å². The Kier molecular flexibility index (Phi) is 17.7. The fourth-order valence-corrected chi connectivity index (χ4v) is 2.86. The van der Waals surface area contributed by atoms with Crippen molar-refractivity contribution in [3.8, 4) is 0 Å². The number of unbranched alkanes of at least 4 members (excludes halogenated alkanes) is 11. The molecule has 1 amide bonds. The van der Waals surface area contributed by atoms with Gasteiger partial charge in [0.1, 0.15) is 6.29 Å². The fraction of sp³-hybridized carbons (Fsp3) is 0.900. The highest BCUT2D eigenvalue weighted by Crippen LogP contribution is 2.14. The standard InChI is InChI=1S/C20H40N2O2/c1-19(2)15-13-11-9-7-5-3-4-6-8-10-12-14-16-20(24)22-21-17-18-23/h18-19,21H,3-17H2,1-2H3,(H,22,24). The summed E-state index contributed by atoms with van der Waals surface area (Å²) in [6, 6.07) is 0. The fourth-order valence-electron chi connectivity index (χ4n) is 2.86. The van der Waals surface area contributed by atoms with E-state index in [2.05, 4.69) is 24.7 Å². The van der Waals surface area contributed by atoms with Crippen LogP contribution < -0.4 is 10.9 Å². The first kappa shape index (κ1) is 23.1. The smallest absolute Gasteiger partial charge is 0.234 e. The maximum absolute atomic E-state index is 11.4. The van der Waals surface area contributed by atoms with E-state index in [0.717, 1.165) is 25.0 Å². The van der Waals surface area contributed by atoms with Gasteiger partial charge in [-0.25, -0.2) is 5.43 Å². The minimum atomic E-state index is -0.0229. The molecule has 0 atom stereocenters. The number of rotatable bonds is 18. The van der Waals surface area contributed by atoms with Crippen molar-refractivity contribution >= 4 is 12.2 Å². The topological polar surface area (TPSA) is 58.2 Å². The van der Waals surface area contributed by atoms with E-state index in [-0.39, 0.29) is 12.5 Å². The summed E-state index contributed by atoms with van der Waals surface area (Å²) in [6.45, 7) is 4.79. The first-order chi connectivity index (χ1) is 11.7. The first-order valence-corrected chi connectivity index (χ1v) is 10.1. The molecule has 0 aliphatic rings. The Morgan fingerprint density at radius 3 is 1.71 bits per heavy atom. The molecule has 0 saturated carbocycles. The van der Waals surface area contributed by atoms with E-state index in [4.69, 9.17) is 0 Å². The number of hydrogen-bond donors (Lipinski definition) is 2. The first-order valence-electron chi connectivity index (χ1n) is 10.1. The van der Waals surface area contributed by atoms with Crippen molar-refractivity contribution in [3.63, 3.8) is 0 Å². The van der Waals surface area contributed by atoms with Crippen molar-refractivity contribution in [1.29, 1.82) is 0 Å². The maximum atomic E-state index is 11.4. The second-order valence-electron chi connectivity index (χ2n) is 7.27. The van der Waals surface area contributed by atoms with Crippen LogP contribution in [-0.2, 0) is 9.59 Å². The molecule has 0 heterocycles. The normalized spacial score (nSPS) is 11.0. The van der Waals surface area contributed by atoms with E-state index < -0.39 is 0 Å². The van der Waals surface area contributed by atoms with Crippen molar-refractivity contribution in [2.24, 2.45) is 5.92 Å². The predicted octanol–water partition coefficient (Wildman–Crippen LogP) is 4.92. The lowest BCUT2D eigenvalue weighted by Crippen LogP contribution is -2.38. The van der Waals surface area contributed by atoms with Crippen molar-refractivity contribution < 1.29 is 9.59 Å². The van der Waals surface area contributed by atoms with E-state index in [1.807, 2.05) is 0 Å². The van der Waals surface area contributed by atoms with Crippen molar-refractivity contribution in [1.82, 2.24) is 10.9 Å². The highest BCUT2D eigenvalue weighted by molar-refractivity contribution is 5.75. The third kappa shape index (κ3) is 19.1. The Hall–Kier alpha value is -0.900. The van der Waals surface area contributed by atoms with Crippen LogP contribution in [-0.4, -0.2) is 18.7 Å². The van der Waals surface area contributed by atoms with E-state index in [0.29, 0.717) is 6.42 Å². The van der Waals surface area contributed by atoms with Crippen LogP contribution >= 0.6 is 0 Å². The van der Waals surface area contributed by atoms with Gasteiger partial charge < -0.3 is 4.79 Å². The number of nitrogens with one attached hydrogen (secondary N) is 2. The van der Waals surface area contributed by atoms with Crippen molar-refractivity contribution in [2.45, 2.75) is 104 Å². The number of hydrazine groups is 1. The van der Waals surface area contributed by atoms with Gasteiger partial charge in [-0.05, 0) is 12.3 Å². The van der Waals surface area contributed by atoms with Crippen LogP contribution in [0.1, 0.15) is 104 Å². The molecule has 0 rings (SSSR count). The van der Waals surface area contributed by atoms with E-state index >= 15 is 0 Å². The van der Waals surface area contributed by atoms with Gasteiger partial charge in [0, 0.05) is 6.42 Å². The molecule has 0 aromatic carbocycles. The predicted molar refractivity (Wildman–Crippen MR) is 102 cm³/mol. The zero-order chi connectivity index (χ0) is 17.9. The molecular formula is C20H40N2O2. The van der Waals surface area contributed by atoms with Gasteiger partial charge in [0.2, 0.25) is 5.91 Å². The third-order valence-electron chi connectivity index (χ3n) is 4.35. The van der Waals surface area contributed by atoms with E-state index in [1.54, 1.807) is 0 Å². The summed E-state index contributed by atoms with van der Waals surface area (Å²) < 4.78 is 0. The zero-order valence-corrected chi connectivity index (χ0v) is 16.1. The highest BCUT2D eigenvalue weighted by atomic mass is 16.2. The van der Waals surface area contributed by atoms with Crippen molar-refractivity contribution in [2.75, 3.05) is 6.54 Å². The minimum absolute atomic E-state index is 0.0229. The molecule has 0 aromatic rings. The summed E-state index contributed by atoms with van der Waals surface area (Å²) in [5.41, 5.74) is 5.08. The van der Waals surface area contributed by atoms with Crippen LogP contribution in [0.4, 0.5) is 0 Å². The lowest BCUT2D eigenvalue weighted by atomic mass is 10.0. The Balaban J connectivity index is 3.10. The van der Waals surface area contributed by atoms with Gasteiger partial charge in [-0.15, -0.1) is 0 Å². The molecule has 0 radical (unpaired) electrons. The number of carbonyl (C=O) groups is 2. The molecular weight excluding hydrogens is 300 g/mol. The van der Waals surface area contributed by atoms with Crippen LogP contribution in [0, 0.1) is 5.92 Å². The Morgan fingerprint density at radius 2 is 1.25 bits per heavy atom. The molecule has 0 aromatic heterocycles. The number of amides is 1. The number of aldehydes is 1. The summed E-state index contributed by atoms with van der Waals surface area (Å²) in [7, 11) is 0. The molecule has 0 unspecified atom stereocenters. The molecule has 2 N–H and O–H groups in total. The van der Waals surface area contributed by atoms with Crippen LogP contribution in [0.15, 0.2) is 0 Å². The Bertz CT molecular complexity index is 293. The number of hydrogen-bond acceptors (Lipinski definition) is 3. The molecule has 0 bridgehead atoms. The summed E-state index contributed by atoms with van der Waals surface area (Å²) in [6.07, 6.45) is 18.4. The maximum Gasteiger partial charge on any atom is 0.234 e. The molecule has 142 valence electrons. The largest absolute Gasteiger partial charge is 0.302 e. The van der Waals surface area contributed by atoms with Gasteiger partial charge in [0.15, 0.2) is 0 Å². The van der Waals surface area contributed by atoms with Gasteiger partial charge in [-0.1, -0.05) is 90.9 Å². The van der Waals surface area contributed by atoms with Gasteiger partial charge in [-0.2, -0.15) is 0 Å². The van der Waals surface area contributed by atoms with Gasteiger partial charge in [-0.3, -0.25) is 10.2 Å². The van der Waals surface area contributed by atoms with Gasteiger partial charge in [0.05, 0.1) is 6.54 Å².